The van der Waals surface area contributed by atoms with Gasteiger partial charge in [-0.15, -0.1) is 17.9 Å². The Hall–Kier alpha value is -2.14. The van der Waals surface area contributed by atoms with Crippen LogP contribution < -0.4 is 4.90 Å². The van der Waals surface area contributed by atoms with Gasteiger partial charge in [0.25, 0.3) is 0 Å². The van der Waals surface area contributed by atoms with Crippen LogP contribution in [0.5, 0.6) is 0 Å². The highest BCUT2D eigenvalue weighted by atomic mass is 32.1. The highest BCUT2D eigenvalue weighted by molar-refractivity contribution is 7.13. The number of thiazole rings is 1. The molecule has 0 N–H and O–H groups in total. The first-order valence-electron chi connectivity index (χ1n) is 7.33. The van der Waals surface area contributed by atoms with Crippen LogP contribution in [0.4, 0.5) is 5.69 Å². The summed E-state index contributed by atoms with van der Waals surface area (Å²) < 4.78 is 0. The third kappa shape index (κ3) is 2.76. The normalized spacial score (nSPS) is 17.8. The smallest absolute Gasteiger partial charge is 0.245 e. The van der Waals surface area contributed by atoms with Crippen molar-refractivity contribution in [3.05, 3.63) is 48.5 Å². The zero-order valence-electron chi connectivity index (χ0n) is 12.6. The minimum Gasteiger partial charge on any atom is -0.363 e. The summed E-state index contributed by atoms with van der Waals surface area (Å²) in [5, 5.41) is 2.99. The fraction of sp³-hybridized carbons (Fsp3) is 0.294. The lowest BCUT2D eigenvalue weighted by molar-refractivity contribution is -0.128. The van der Waals surface area contributed by atoms with Crippen molar-refractivity contribution in [2.24, 2.45) is 0 Å². The topological polar surface area (TPSA) is 36.4 Å². The third-order valence-corrected chi connectivity index (χ3v) is 4.86. The van der Waals surface area contributed by atoms with Crippen LogP contribution in [0, 0.1) is 0 Å². The first kappa shape index (κ1) is 14.8. The van der Waals surface area contributed by atoms with Crippen LogP contribution in [-0.2, 0) is 4.79 Å². The summed E-state index contributed by atoms with van der Waals surface area (Å²) in [6, 6.07) is 8.16. The first-order valence-corrected chi connectivity index (χ1v) is 8.21. The quantitative estimate of drug-likeness (QED) is 0.796. The molecule has 4 nitrogen and oxygen atoms in total. The molecule has 5 heteroatoms. The summed E-state index contributed by atoms with van der Waals surface area (Å²) in [4.78, 5) is 20.6. The van der Waals surface area contributed by atoms with E-state index in [1.807, 2.05) is 23.5 Å². The van der Waals surface area contributed by atoms with E-state index in [1.165, 1.54) is 0 Å². The number of benzene rings is 1. The second-order valence-corrected chi connectivity index (χ2v) is 6.27. The van der Waals surface area contributed by atoms with E-state index in [-0.39, 0.29) is 11.9 Å². The fourth-order valence-corrected chi connectivity index (χ4v) is 3.45. The van der Waals surface area contributed by atoms with Crippen LogP contribution in [-0.4, -0.2) is 42.0 Å². The van der Waals surface area contributed by atoms with Gasteiger partial charge in [0.1, 0.15) is 11.0 Å². The minimum atomic E-state index is -0.0781. The van der Waals surface area contributed by atoms with E-state index < -0.39 is 0 Å². The lowest BCUT2D eigenvalue weighted by Gasteiger charge is -2.25. The predicted octanol–water partition coefficient (Wildman–Crippen LogP) is 3.03. The maximum atomic E-state index is 12.4. The average Bonchev–Trinajstić information content (AvgIpc) is 3.18. The highest BCUT2D eigenvalue weighted by Crippen LogP contribution is 2.27. The Morgan fingerprint density at radius 3 is 2.86 bits per heavy atom. The molecule has 1 fully saturated rings. The van der Waals surface area contributed by atoms with Crippen molar-refractivity contribution in [2.75, 3.05) is 25.0 Å². The van der Waals surface area contributed by atoms with E-state index in [2.05, 4.69) is 40.7 Å². The van der Waals surface area contributed by atoms with Crippen LogP contribution in [0.3, 0.4) is 0 Å². The van der Waals surface area contributed by atoms with Crippen LogP contribution in [0.1, 0.15) is 6.42 Å². The SMILES string of the molecule is C=CCN1CCC(N(C)c2ccc(-c3nccs3)cc2)C1=O. The van der Waals surface area contributed by atoms with E-state index in [9.17, 15) is 4.79 Å². The lowest BCUT2D eigenvalue weighted by Crippen LogP contribution is -2.39. The number of carbonyl (C=O) groups excluding carboxylic acids is 1. The second-order valence-electron chi connectivity index (χ2n) is 5.37. The van der Waals surface area contributed by atoms with Crippen LogP contribution in [0.2, 0.25) is 0 Å². The molecule has 0 saturated carbocycles. The maximum Gasteiger partial charge on any atom is 0.245 e. The van der Waals surface area contributed by atoms with Crippen LogP contribution >= 0.6 is 11.3 Å². The van der Waals surface area contributed by atoms with E-state index >= 15 is 0 Å². The number of nitrogens with zero attached hydrogens (tertiary/aromatic N) is 3. The Morgan fingerprint density at radius 2 is 2.23 bits per heavy atom. The molecule has 1 aliphatic rings. The van der Waals surface area contributed by atoms with Crippen LogP contribution in [0.25, 0.3) is 10.6 Å². The summed E-state index contributed by atoms with van der Waals surface area (Å²) in [5.74, 6) is 0.186. The molecule has 1 aliphatic heterocycles. The number of anilines is 1. The largest absolute Gasteiger partial charge is 0.363 e. The summed E-state index contributed by atoms with van der Waals surface area (Å²) in [6.07, 6.45) is 4.45. The molecule has 0 radical (unpaired) electrons. The van der Waals surface area contributed by atoms with Crippen molar-refractivity contribution in [2.45, 2.75) is 12.5 Å². The Balaban J connectivity index is 1.74. The number of amides is 1. The van der Waals surface area contributed by atoms with Gasteiger partial charge in [0.2, 0.25) is 5.91 Å². The number of hydrogen-bond donors (Lipinski definition) is 0. The van der Waals surface area contributed by atoms with Gasteiger partial charge in [-0.3, -0.25) is 4.79 Å². The molecule has 1 aromatic carbocycles. The molecular weight excluding hydrogens is 294 g/mol. The Bertz CT molecular complexity index is 651. The van der Waals surface area contributed by atoms with E-state index in [0.717, 1.165) is 29.2 Å². The number of aromatic nitrogens is 1. The molecule has 0 bridgehead atoms. The highest BCUT2D eigenvalue weighted by Gasteiger charge is 2.33. The summed E-state index contributed by atoms with van der Waals surface area (Å²) in [5.41, 5.74) is 2.16. The van der Waals surface area contributed by atoms with Crippen molar-refractivity contribution >= 4 is 22.9 Å². The molecule has 114 valence electrons. The van der Waals surface area contributed by atoms with Gasteiger partial charge in [-0.2, -0.15) is 0 Å². The zero-order valence-corrected chi connectivity index (χ0v) is 13.4. The second kappa shape index (κ2) is 6.32. The fourth-order valence-electron chi connectivity index (χ4n) is 2.80. The minimum absolute atomic E-state index is 0.0781. The number of hydrogen-bond acceptors (Lipinski definition) is 4. The molecule has 22 heavy (non-hydrogen) atoms. The predicted molar refractivity (Wildman–Crippen MR) is 91.1 cm³/mol. The van der Waals surface area contributed by atoms with Gasteiger partial charge in [0.15, 0.2) is 0 Å². The number of rotatable bonds is 5. The third-order valence-electron chi connectivity index (χ3n) is 4.04. The van der Waals surface area contributed by atoms with Gasteiger partial charge >= 0.3 is 0 Å². The van der Waals surface area contributed by atoms with Gasteiger partial charge in [-0.1, -0.05) is 6.08 Å². The number of likely N-dealkylation sites (tertiary alicyclic amines) is 1. The molecule has 2 aromatic rings. The van der Waals surface area contributed by atoms with Crippen molar-refractivity contribution in [3.63, 3.8) is 0 Å². The molecule has 2 heterocycles. The number of likely N-dealkylation sites (N-methyl/N-ethyl adjacent to an activating group) is 1. The van der Waals surface area contributed by atoms with Gasteiger partial charge < -0.3 is 9.80 Å². The van der Waals surface area contributed by atoms with Crippen LogP contribution in [0.15, 0.2) is 48.5 Å². The average molecular weight is 313 g/mol. The van der Waals surface area contributed by atoms with E-state index in [1.54, 1.807) is 17.4 Å². The Morgan fingerprint density at radius 1 is 1.45 bits per heavy atom. The van der Waals surface area contributed by atoms with Crippen molar-refractivity contribution < 1.29 is 4.79 Å². The zero-order chi connectivity index (χ0) is 15.5. The molecule has 0 aliphatic carbocycles. The first-order chi connectivity index (χ1) is 10.7. The van der Waals surface area contributed by atoms with Gasteiger partial charge in [0, 0.05) is 43.0 Å². The van der Waals surface area contributed by atoms with Gasteiger partial charge in [-0.25, -0.2) is 4.98 Å². The maximum absolute atomic E-state index is 12.4. The standard InChI is InChI=1S/C17H19N3OS/c1-3-10-20-11-8-15(17(20)21)19(2)14-6-4-13(5-7-14)16-18-9-12-22-16/h3-7,9,12,15H,1,8,10-11H2,2H3. The molecule has 1 unspecified atom stereocenters. The van der Waals surface area contributed by atoms with E-state index in [0.29, 0.717) is 6.54 Å². The monoisotopic (exact) mass is 313 g/mol. The summed E-state index contributed by atoms with van der Waals surface area (Å²) >= 11 is 1.63. The Kier molecular flexibility index (Phi) is 4.24. The lowest BCUT2D eigenvalue weighted by atomic mass is 10.1. The molecule has 1 saturated heterocycles. The summed E-state index contributed by atoms with van der Waals surface area (Å²) in [6.45, 7) is 5.14. The van der Waals surface area contributed by atoms with Crippen molar-refractivity contribution in [1.82, 2.24) is 9.88 Å². The van der Waals surface area contributed by atoms with Gasteiger partial charge in [0.05, 0.1) is 0 Å². The summed E-state index contributed by atoms with van der Waals surface area (Å²) in [7, 11) is 1.98. The molecule has 1 aromatic heterocycles. The molecule has 3 rings (SSSR count). The molecule has 0 spiro atoms. The Labute approximate surface area is 134 Å². The van der Waals surface area contributed by atoms with E-state index in [4.69, 9.17) is 0 Å². The number of carbonyl (C=O) groups is 1. The molecule has 1 amide bonds. The van der Waals surface area contributed by atoms with Crippen molar-refractivity contribution in [1.29, 1.82) is 0 Å². The van der Waals surface area contributed by atoms with Crippen molar-refractivity contribution in [3.8, 4) is 10.6 Å². The van der Waals surface area contributed by atoms with Gasteiger partial charge in [-0.05, 0) is 30.7 Å². The molecule has 1 atom stereocenters. The molecular formula is C17H19N3OS.